The van der Waals surface area contributed by atoms with Gasteiger partial charge < -0.3 is 14.0 Å². The number of hydrogen-bond acceptors (Lipinski definition) is 7. The summed E-state index contributed by atoms with van der Waals surface area (Å²) in [5, 5.41) is 9.73. The molecular formula is C21H18N2O6. The Morgan fingerprint density at radius 1 is 1.28 bits per heavy atom. The molecule has 29 heavy (non-hydrogen) atoms. The highest BCUT2D eigenvalue weighted by Gasteiger charge is 2.48. The Balaban J connectivity index is 1.76. The second-order valence-electron chi connectivity index (χ2n) is 7.15. The molecule has 5 rings (SSSR count). The maximum Gasteiger partial charge on any atom is 0.343 e. The Hall–Kier alpha value is -3.07. The maximum atomic E-state index is 13.3. The minimum absolute atomic E-state index is 0.121. The molecule has 148 valence electrons. The van der Waals surface area contributed by atoms with Crippen molar-refractivity contribution in [3.63, 3.8) is 0 Å². The van der Waals surface area contributed by atoms with Crippen molar-refractivity contribution >= 4 is 16.9 Å². The highest BCUT2D eigenvalue weighted by molar-refractivity contribution is 5.86. The molecule has 0 fully saturated rings. The molecule has 0 radical (unpaired) electrons. The molecule has 0 saturated heterocycles. The van der Waals surface area contributed by atoms with Gasteiger partial charge in [0.05, 0.1) is 29.0 Å². The minimum atomic E-state index is -1.52. The van der Waals surface area contributed by atoms with E-state index in [-0.39, 0.29) is 18.6 Å². The van der Waals surface area contributed by atoms with Crippen LogP contribution in [-0.4, -0.2) is 27.6 Å². The quantitative estimate of drug-likeness (QED) is 0.246. The zero-order chi connectivity index (χ0) is 20.2. The molecule has 3 aromatic rings. The van der Waals surface area contributed by atoms with Gasteiger partial charge in [0.15, 0.2) is 12.4 Å². The van der Waals surface area contributed by atoms with Crippen LogP contribution in [0, 0.1) is 0 Å². The van der Waals surface area contributed by atoms with Crippen molar-refractivity contribution < 1.29 is 24.4 Å². The molecule has 2 aliphatic heterocycles. The van der Waals surface area contributed by atoms with Crippen LogP contribution in [0.15, 0.2) is 41.2 Å². The normalized spacial score (nSPS) is 19.6. The average molecular weight is 394 g/mol. The van der Waals surface area contributed by atoms with Crippen LogP contribution in [0.1, 0.15) is 30.0 Å². The molecule has 1 N–H and O–H groups in total. The Labute approximate surface area is 165 Å². The second kappa shape index (κ2) is 6.48. The number of hydrogen-bond donors (Lipinski definition) is 1. The Bertz CT molecular complexity index is 1220. The summed E-state index contributed by atoms with van der Waals surface area (Å²) in [6.07, 6.45) is 0.211. The summed E-state index contributed by atoms with van der Waals surface area (Å²) in [5.74, 6) is -0.612. The monoisotopic (exact) mass is 394 g/mol. The van der Waals surface area contributed by atoms with E-state index in [9.17, 15) is 9.59 Å². The van der Waals surface area contributed by atoms with Crippen molar-refractivity contribution in [3.05, 3.63) is 63.4 Å². The van der Waals surface area contributed by atoms with Crippen LogP contribution in [0.3, 0.4) is 0 Å². The van der Waals surface area contributed by atoms with Gasteiger partial charge in [-0.2, -0.15) is 0 Å². The fraction of sp³-hybridized carbons (Fsp3) is 0.286. The van der Waals surface area contributed by atoms with E-state index in [1.54, 1.807) is 17.6 Å². The van der Waals surface area contributed by atoms with Gasteiger partial charge in [-0.1, -0.05) is 25.1 Å². The van der Waals surface area contributed by atoms with Gasteiger partial charge in [-0.25, -0.2) is 19.9 Å². The molecule has 0 saturated carbocycles. The molecular weight excluding hydrogens is 376 g/mol. The van der Waals surface area contributed by atoms with Gasteiger partial charge >= 0.3 is 5.97 Å². The van der Waals surface area contributed by atoms with E-state index in [0.717, 1.165) is 16.5 Å². The van der Waals surface area contributed by atoms with E-state index < -0.39 is 18.4 Å². The number of ether oxygens (including phenoxy) is 2. The number of aromatic nitrogens is 2. The van der Waals surface area contributed by atoms with Crippen molar-refractivity contribution in [1.82, 2.24) is 9.55 Å². The zero-order valence-electron chi connectivity index (χ0n) is 15.7. The number of para-hydroxylation sites is 1. The van der Waals surface area contributed by atoms with Crippen molar-refractivity contribution in [2.24, 2.45) is 0 Å². The van der Waals surface area contributed by atoms with Crippen LogP contribution in [0.5, 0.6) is 0 Å². The number of esters is 1. The standard InChI is InChI=1S/C21H18N2O6/c1-2-21(28-11-29-26)15-8-17-18-13(7-12-5-3-4-6-16(12)22-18)9-23(17)19(24)14(15)10-27-20(21)25/h3-8,26H,2,9-11H2,1H3/t21-/m0/s1. The lowest BCUT2D eigenvalue weighted by Gasteiger charge is -2.35. The fourth-order valence-electron chi connectivity index (χ4n) is 4.28. The number of carbonyl (C=O) groups excluding carboxylic acids is 1. The summed E-state index contributed by atoms with van der Waals surface area (Å²) in [6.45, 7) is 1.50. The zero-order valence-corrected chi connectivity index (χ0v) is 15.7. The molecule has 0 bridgehead atoms. The van der Waals surface area contributed by atoms with E-state index in [1.165, 1.54) is 0 Å². The van der Waals surface area contributed by atoms with Crippen LogP contribution in [-0.2, 0) is 37.9 Å². The fourth-order valence-corrected chi connectivity index (χ4v) is 4.28. The minimum Gasteiger partial charge on any atom is -0.458 e. The van der Waals surface area contributed by atoms with Crippen molar-refractivity contribution in [1.29, 1.82) is 0 Å². The lowest BCUT2D eigenvalue weighted by Crippen LogP contribution is -2.46. The molecule has 4 heterocycles. The largest absolute Gasteiger partial charge is 0.458 e. The predicted molar refractivity (Wildman–Crippen MR) is 102 cm³/mol. The SMILES string of the molecule is CC[C@@]1(OCOO)C(=O)OCc2c1cc1n(c2=O)Cc2cc3ccccc3nc2-1. The molecule has 0 spiro atoms. The first kappa shape index (κ1) is 18.0. The van der Waals surface area contributed by atoms with Crippen LogP contribution in [0.4, 0.5) is 0 Å². The van der Waals surface area contributed by atoms with Crippen LogP contribution >= 0.6 is 0 Å². The summed E-state index contributed by atoms with van der Waals surface area (Å²) in [6, 6.07) is 11.6. The number of carbonyl (C=O) groups is 1. The number of benzene rings is 1. The Kier molecular flexibility index (Phi) is 4.02. The van der Waals surface area contributed by atoms with Crippen molar-refractivity contribution in [3.8, 4) is 11.4 Å². The van der Waals surface area contributed by atoms with Crippen LogP contribution in [0.2, 0.25) is 0 Å². The third kappa shape index (κ3) is 2.46. The number of nitrogens with zero attached hydrogens (tertiary/aromatic N) is 2. The first-order valence-electron chi connectivity index (χ1n) is 9.33. The maximum absolute atomic E-state index is 13.3. The first-order chi connectivity index (χ1) is 14.1. The third-order valence-electron chi connectivity index (χ3n) is 5.74. The number of pyridine rings is 2. The van der Waals surface area contributed by atoms with Gasteiger partial charge in [0, 0.05) is 16.5 Å². The van der Waals surface area contributed by atoms with Gasteiger partial charge in [0.25, 0.3) is 5.56 Å². The van der Waals surface area contributed by atoms with Crippen molar-refractivity contribution in [2.75, 3.05) is 6.79 Å². The lowest BCUT2D eigenvalue weighted by molar-refractivity contribution is -0.317. The van der Waals surface area contributed by atoms with E-state index in [0.29, 0.717) is 29.1 Å². The second-order valence-corrected chi connectivity index (χ2v) is 7.15. The summed E-state index contributed by atoms with van der Waals surface area (Å²) in [7, 11) is 0. The Morgan fingerprint density at radius 2 is 2.10 bits per heavy atom. The predicted octanol–water partition coefficient (Wildman–Crippen LogP) is 2.55. The van der Waals surface area contributed by atoms with E-state index >= 15 is 0 Å². The lowest BCUT2D eigenvalue weighted by atomic mass is 9.85. The molecule has 1 atom stereocenters. The van der Waals surface area contributed by atoms with Crippen LogP contribution in [0.25, 0.3) is 22.3 Å². The molecule has 1 aromatic carbocycles. The van der Waals surface area contributed by atoms with Crippen LogP contribution < -0.4 is 5.56 Å². The third-order valence-corrected chi connectivity index (χ3v) is 5.74. The topological polar surface area (TPSA) is 99.9 Å². The summed E-state index contributed by atoms with van der Waals surface area (Å²) in [4.78, 5) is 34.7. The smallest absolute Gasteiger partial charge is 0.343 e. The van der Waals surface area contributed by atoms with E-state index in [2.05, 4.69) is 4.89 Å². The Morgan fingerprint density at radius 3 is 2.90 bits per heavy atom. The number of cyclic esters (lactones) is 1. The number of rotatable bonds is 4. The molecule has 2 aliphatic rings. The summed E-state index contributed by atoms with van der Waals surface area (Å²) < 4.78 is 12.5. The molecule has 0 amide bonds. The highest BCUT2D eigenvalue weighted by Crippen LogP contribution is 2.40. The molecule has 0 aliphatic carbocycles. The van der Waals surface area contributed by atoms with E-state index in [4.69, 9.17) is 19.7 Å². The highest BCUT2D eigenvalue weighted by atomic mass is 17.1. The molecule has 2 aromatic heterocycles. The van der Waals surface area contributed by atoms with Gasteiger partial charge in [-0.05, 0) is 24.6 Å². The number of fused-ring (bicyclic) bond motifs is 5. The molecule has 8 heteroatoms. The van der Waals surface area contributed by atoms with Gasteiger partial charge in [0.2, 0.25) is 0 Å². The van der Waals surface area contributed by atoms with Gasteiger partial charge in [-0.15, -0.1) is 0 Å². The molecule has 0 unspecified atom stereocenters. The van der Waals surface area contributed by atoms with Gasteiger partial charge in [-0.3, -0.25) is 4.79 Å². The van der Waals surface area contributed by atoms with Gasteiger partial charge in [0.1, 0.15) is 6.61 Å². The molecule has 8 nitrogen and oxygen atoms in total. The average Bonchev–Trinajstić information content (AvgIpc) is 3.10. The summed E-state index contributed by atoms with van der Waals surface area (Å²) >= 11 is 0. The first-order valence-corrected chi connectivity index (χ1v) is 9.33. The summed E-state index contributed by atoms with van der Waals surface area (Å²) in [5.41, 5.74) is 2.16. The van der Waals surface area contributed by atoms with Crippen molar-refractivity contribution in [2.45, 2.75) is 32.1 Å². The van der Waals surface area contributed by atoms with E-state index in [1.807, 2.05) is 30.3 Å².